The Kier molecular flexibility index (Phi) is 9.21. The molecular weight excluding hydrogens is 407 g/mol. The fourth-order valence-corrected chi connectivity index (χ4v) is 4.11. The van der Waals surface area contributed by atoms with E-state index in [1.54, 1.807) is 6.20 Å². The summed E-state index contributed by atoms with van der Waals surface area (Å²) in [5, 5.41) is 3.47. The summed E-state index contributed by atoms with van der Waals surface area (Å²) in [5.74, 6) is 0.868. The number of carbonyl (C=O) groups is 1. The number of piperidine rings is 1. The first-order valence-electron chi connectivity index (χ1n) is 10.0. The molecule has 2 fully saturated rings. The first-order chi connectivity index (χ1) is 13.3. The third kappa shape index (κ3) is 6.08. The van der Waals surface area contributed by atoms with Crippen molar-refractivity contribution in [3.63, 3.8) is 0 Å². The van der Waals surface area contributed by atoms with E-state index in [9.17, 15) is 4.79 Å². The minimum absolute atomic E-state index is 0. The first kappa shape index (κ1) is 23.5. The van der Waals surface area contributed by atoms with Crippen molar-refractivity contribution in [3.05, 3.63) is 59.9 Å². The topological polar surface area (TPSA) is 48.5 Å². The SMILES string of the molecule is Cl.Cl.O=C(c1ccc(CC2CCCNC2)cc1)N1CCN(c2cccnc2)CC1. The summed E-state index contributed by atoms with van der Waals surface area (Å²) >= 11 is 0. The lowest BCUT2D eigenvalue weighted by atomic mass is 9.92. The molecule has 0 spiro atoms. The van der Waals surface area contributed by atoms with Crippen molar-refractivity contribution in [2.75, 3.05) is 44.2 Å². The summed E-state index contributed by atoms with van der Waals surface area (Å²) < 4.78 is 0. The Bertz CT molecular complexity index is 743. The monoisotopic (exact) mass is 436 g/mol. The highest BCUT2D eigenvalue weighted by Gasteiger charge is 2.22. The van der Waals surface area contributed by atoms with Crippen LogP contribution in [0.3, 0.4) is 0 Å². The first-order valence-corrected chi connectivity index (χ1v) is 10.0. The number of nitrogens with one attached hydrogen (secondary N) is 1. The van der Waals surface area contributed by atoms with E-state index in [2.05, 4.69) is 33.4 Å². The van der Waals surface area contributed by atoms with Crippen LogP contribution in [0, 0.1) is 5.92 Å². The summed E-state index contributed by atoms with van der Waals surface area (Å²) in [6, 6.07) is 12.3. The smallest absolute Gasteiger partial charge is 0.253 e. The minimum Gasteiger partial charge on any atom is -0.367 e. The number of carbonyl (C=O) groups excluding carboxylic acids is 1. The molecule has 1 amide bonds. The van der Waals surface area contributed by atoms with Gasteiger partial charge in [0.2, 0.25) is 0 Å². The van der Waals surface area contributed by atoms with Crippen LogP contribution in [-0.2, 0) is 6.42 Å². The highest BCUT2D eigenvalue weighted by molar-refractivity contribution is 5.94. The zero-order valence-corrected chi connectivity index (χ0v) is 18.3. The molecule has 29 heavy (non-hydrogen) atoms. The molecule has 0 saturated carbocycles. The number of nitrogens with zero attached hydrogens (tertiary/aromatic N) is 3. The molecule has 1 N–H and O–H groups in total. The lowest BCUT2D eigenvalue weighted by Crippen LogP contribution is -2.48. The van der Waals surface area contributed by atoms with Gasteiger partial charge in [0.05, 0.1) is 11.9 Å². The van der Waals surface area contributed by atoms with Crippen LogP contribution in [0.5, 0.6) is 0 Å². The number of hydrogen-bond acceptors (Lipinski definition) is 4. The zero-order valence-electron chi connectivity index (χ0n) is 16.6. The van der Waals surface area contributed by atoms with Crippen molar-refractivity contribution in [2.24, 2.45) is 5.92 Å². The minimum atomic E-state index is 0. The molecule has 0 bridgehead atoms. The second kappa shape index (κ2) is 11.4. The summed E-state index contributed by atoms with van der Waals surface area (Å²) in [5.41, 5.74) is 3.27. The molecule has 4 rings (SSSR count). The fraction of sp³-hybridized carbons (Fsp3) is 0.455. The Balaban J connectivity index is 0.00000150. The van der Waals surface area contributed by atoms with Crippen LogP contribution in [0.1, 0.15) is 28.8 Å². The average molecular weight is 437 g/mol. The molecule has 158 valence electrons. The number of piperazine rings is 1. The molecule has 7 heteroatoms. The van der Waals surface area contributed by atoms with Crippen LogP contribution in [0.25, 0.3) is 0 Å². The van der Waals surface area contributed by atoms with Crippen LogP contribution < -0.4 is 10.2 Å². The van der Waals surface area contributed by atoms with E-state index in [1.807, 2.05) is 29.3 Å². The molecule has 1 aromatic heterocycles. The maximum Gasteiger partial charge on any atom is 0.253 e. The van der Waals surface area contributed by atoms with Crippen molar-refractivity contribution in [3.8, 4) is 0 Å². The van der Waals surface area contributed by atoms with E-state index in [0.29, 0.717) is 0 Å². The van der Waals surface area contributed by atoms with Crippen LogP contribution in [0.15, 0.2) is 48.8 Å². The summed E-state index contributed by atoms with van der Waals surface area (Å²) in [6.45, 7) is 5.47. The molecule has 2 saturated heterocycles. The molecule has 1 aromatic carbocycles. The summed E-state index contributed by atoms with van der Waals surface area (Å²) in [7, 11) is 0. The van der Waals surface area contributed by atoms with Gasteiger partial charge in [0.15, 0.2) is 0 Å². The number of hydrogen-bond donors (Lipinski definition) is 1. The van der Waals surface area contributed by atoms with Crippen molar-refractivity contribution in [1.29, 1.82) is 0 Å². The van der Waals surface area contributed by atoms with E-state index >= 15 is 0 Å². The number of rotatable bonds is 4. The summed E-state index contributed by atoms with van der Waals surface area (Å²) in [4.78, 5) is 21.3. The molecule has 2 aliphatic heterocycles. The predicted molar refractivity (Wildman–Crippen MR) is 123 cm³/mol. The number of amides is 1. The number of anilines is 1. The second-order valence-electron chi connectivity index (χ2n) is 7.60. The molecule has 2 aromatic rings. The van der Waals surface area contributed by atoms with E-state index in [1.165, 1.54) is 18.4 Å². The Morgan fingerprint density at radius 1 is 1.07 bits per heavy atom. The maximum atomic E-state index is 12.8. The molecule has 3 heterocycles. The Hall–Kier alpha value is -1.82. The van der Waals surface area contributed by atoms with Crippen molar-refractivity contribution < 1.29 is 4.79 Å². The van der Waals surface area contributed by atoms with Crippen LogP contribution in [0.4, 0.5) is 5.69 Å². The fourth-order valence-electron chi connectivity index (χ4n) is 4.11. The molecule has 1 atom stereocenters. The lowest BCUT2D eigenvalue weighted by Gasteiger charge is -2.36. The van der Waals surface area contributed by atoms with Gasteiger partial charge in [-0.25, -0.2) is 0 Å². The zero-order chi connectivity index (χ0) is 18.5. The van der Waals surface area contributed by atoms with Gasteiger partial charge in [-0.3, -0.25) is 9.78 Å². The van der Waals surface area contributed by atoms with E-state index in [4.69, 9.17) is 0 Å². The van der Waals surface area contributed by atoms with Gasteiger partial charge >= 0.3 is 0 Å². The third-order valence-corrected chi connectivity index (χ3v) is 5.70. The molecule has 1 unspecified atom stereocenters. The number of halogens is 2. The van der Waals surface area contributed by atoms with Gasteiger partial charge in [-0.2, -0.15) is 0 Å². The highest BCUT2D eigenvalue weighted by atomic mass is 35.5. The molecule has 0 aliphatic carbocycles. The van der Waals surface area contributed by atoms with Gasteiger partial charge in [0, 0.05) is 37.9 Å². The summed E-state index contributed by atoms with van der Waals surface area (Å²) in [6.07, 6.45) is 7.35. The van der Waals surface area contributed by atoms with Gasteiger partial charge in [0.1, 0.15) is 0 Å². The highest BCUT2D eigenvalue weighted by Crippen LogP contribution is 2.19. The van der Waals surface area contributed by atoms with Crippen molar-refractivity contribution in [2.45, 2.75) is 19.3 Å². The number of benzene rings is 1. The van der Waals surface area contributed by atoms with Gasteiger partial charge in [-0.05, 0) is 68.1 Å². The quantitative estimate of drug-likeness (QED) is 0.797. The second-order valence-corrected chi connectivity index (χ2v) is 7.60. The molecule has 0 radical (unpaired) electrons. The van der Waals surface area contributed by atoms with Gasteiger partial charge in [-0.15, -0.1) is 24.8 Å². The van der Waals surface area contributed by atoms with Gasteiger partial charge in [0.25, 0.3) is 5.91 Å². The standard InChI is InChI=1S/C22H28N4O.2ClH/c27-22(26-13-11-25(12-14-26)21-4-2-10-24-17-21)20-7-5-18(6-8-20)15-19-3-1-9-23-16-19;;/h2,4-8,10,17,19,23H,1,3,9,11-16H2;2*1H. The third-order valence-electron chi connectivity index (χ3n) is 5.70. The largest absolute Gasteiger partial charge is 0.367 e. The Morgan fingerprint density at radius 3 is 2.45 bits per heavy atom. The van der Waals surface area contributed by atoms with E-state index < -0.39 is 0 Å². The number of pyridine rings is 1. The molecule has 2 aliphatic rings. The van der Waals surface area contributed by atoms with Gasteiger partial charge < -0.3 is 15.1 Å². The van der Waals surface area contributed by atoms with Crippen LogP contribution in [0.2, 0.25) is 0 Å². The van der Waals surface area contributed by atoms with E-state index in [0.717, 1.165) is 62.9 Å². The van der Waals surface area contributed by atoms with Crippen molar-refractivity contribution in [1.82, 2.24) is 15.2 Å². The molecular formula is C22H30Cl2N4O. The number of aromatic nitrogens is 1. The van der Waals surface area contributed by atoms with Crippen LogP contribution in [-0.4, -0.2) is 55.1 Å². The Morgan fingerprint density at radius 2 is 1.83 bits per heavy atom. The van der Waals surface area contributed by atoms with Crippen molar-refractivity contribution >= 4 is 36.4 Å². The molecule has 5 nitrogen and oxygen atoms in total. The lowest BCUT2D eigenvalue weighted by molar-refractivity contribution is 0.0747. The Labute approximate surface area is 185 Å². The van der Waals surface area contributed by atoms with Gasteiger partial charge in [-0.1, -0.05) is 12.1 Å². The maximum absolute atomic E-state index is 12.8. The average Bonchev–Trinajstić information content (AvgIpc) is 2.75. The van der Waals surface area contributed by atoms with E-state index in [-0.39, 0.29) is 30.7 Å². The normalized spacial score (nSPS) is 19.1. The predicted octanol–water partition coefficient (Wildman–Crippen LogP) is 3.43. The van der Waals surface area contributed by atoms with Crippen LogP contribution >= 0.6 is 24.8 Å².